The molecule has 2 aromatic rings. The van der Waals surface area contributed by atoms with Gasteiger partial charge in [0, 0.05) is 5.70 Å². The Morgan fingerprint density at radius 1 is 1.10 bits per heavy atom. The van der Waals surface area contributed by atoms with Crippen LogP contribution < -0.4 is 4.90 Å². The second-order valence-electron chi connectivity index (χ2n) is 6.19. The molecule has 0 atom stereocenters. The molecule has 0 aliphatic carbocycles. The molecule has 0 bridgehead atoms. The van der Waals surface area contributed by atoms with Crippen LogP contribution in [0.5, 0.6) is 0 Å². The van der Waals surface area contributed by atoms with E-state index in [0.717, 1.165) is 19.3 Å². The Kier molecular flexibility index (Phi) is 5.53. The number of carbonyl (C=O) groups is 2. The Labute approximate surface area is 169 Å². The van der Waals surface area contributed by atoms with Gasteiger partial charge in [-0.1, -0.05) is 41.9 Å². The lowest BCUT2D eigenvalue weighted by Crippen LogP contribution is -2.24. The van der Waals surface area contributed by atoms with Gasteiger partial charge in [-0.25, -0.2) is 4.79 Å². The van der Waals surface area contributed by atoms with Crippen molar-refractivity contribution in [2.75, 3.05) is 12.0 Å². The fourth-order valence-corrected chi connectivity index (χ4v) is 3.36. The first-order valence-electron chi connectivity index (χ1n) is 8.43. The van der Waals surface area contributed by atoms with Crippen LogP contribution in [0, 0.1) is 0 Å². The average Bonchev–Trinajstić information content (AvgIpc) is 2.91. The van der Waals surface area contributed by atoms with Crippen LogP contribution in [0.2, 0.25) is 5.02 Å². The molecule has 1 aliphatic rings. The highest BCUT2D eigenvalue weighted by Gasteiger charge is 2.39. The van der Waals surface area contributed by atoms with E-state index in [2.05, 4.69) is 0 Å². The van der Waals surface area contributed by atoms with Crippen molar-refractivity contribution in [1.29, 1.82) is 0 Å². The lowest BCUT2D eigenvalue weighted by molar-refractivity contribution is -0.138. The maximum atomic E-state index is 13.4. The summed E-state index contributed by atoms with van der Waals surface area (Å²) in [6.07, 6.45) is -3.57. The molecule has 29 heavy (non-hydrogen) atoms. The van der Waals surface area contributed by atoms with Gasteiger partial charge in [0.15, 0.2) is 0 Å². The third-order valence-corrected chi connectivity index (χ3v) is 4.77. The number of carbonyl (C=O) groups excluding carboxylic acids is 2. The zero-order valence-electron chi connectivity index (χ0n) is 15.4. The van der Waals surface area contributed by atoms with Crippen LogP contribution in [0.1, 0.15) is 18.1 Å². The molecule has 0 N–H and O–H groups in total. The number of para-hydroxylation sites is 1. The number of ether oxygens (including phenoxy) is 1. The van der Waals surface area contributed by atoms with Crippen LogP contribution in [0.25, 0.3) is 6.08 Å². The van der Waals surface area contributed by atoms with E-state index in [1.165, 1.54) is 30.0 Å². The van der Waals surface area contributed by atoms with Crippen LogP contribution in [-0.4, -0.2) is 19.0 Å². The number of anilines is 1. The van der Waals surface area contributed by atoms with Gasteiger partial charge in [0.1, 0.15) is 0 Å². The zero-order chi connectivity index (χ0) is 21.3. The number of amides is 1. The first-order chi connectivity index (χ1) is 13.7. The van der Waals surface area contributed by atoms with Crippen molar-refractivity contribution in [3.8, 4) is 0 Å². The number of benzene rings is 2. The summed E-state index contributed by atoms with van der Waals surface area (Å²) in [5.74, 6) is -1.51. The predicted octanol–water partition coefficient (Wildman–Crippen LogP) is 5.24. The van der Waals surface area contributed by atoms with Crippen molar-refractivity contribution < 1.29 is 27.5 Å². The Morgan fingerprint density at radius 2 is 1.72 bits per heavy atom. The van der Waals surface area contributed by atoms with Gasteiger partial charge in [-0.3, -0.25) is 9.69 Å². The van der Waals surface area contributed by atoms with Gasteiger partial charge >= 0.3 is 12.1 Å². The summed E-state index contributed by atoms with van der Waals surface area (Å²) in [5, 5.41) is 0.251. The molecule has 8 heteroatoms. The number of esters is 1. The third-order valence-electron chi connectivity index (χ3n) is 4.45. The van der Waals surface area contributed by atoms with Crippen molar-refractivity contribution in [3.63, 3.8) is 0 Å². The number of alkyl halides is 3. The van der Waals surface area contributed by atoms with Crippen LogP contribution in [0.15, 0.2) is 65.4 Å². The number of methoxy groups -OCH3 is 1. The summed E-state index contributed by atoms with van der Waals surface area (Å²) in [6.45, 7) is 1.50. The Morgan fingerprint density at radius 3 is 2.34 bits per heavy atom. The molecule has 4 nitrogen and oxygen atoms in total. The smallest absolute Gasteiger partial charge is 0.416 e. The van der Waals surface area contributed by atoms with Gasteiger partial charge < -0.3 is 4.74 Å². The second-order valence-corrected chi connectivity index (χ2v) is 6.59. The molecule has 1 aliphatic heterocycles. The molecule has 3 rings (SSSR count). The summed E-state index contributed by atoms with van der Waals surface area (Å²) in [5.41, 5.74) is -0.950. The Balaban J connectivity index is 2.22. The Bertz CT molecular complexity index is 1060. The number of hydrogen-bond donors (Lipinski definition) is 0. The summed E-state index contributed by atoms with van der Waals surface area (Å²) >= 11 is 6.19. The first kappa shape index (κ1) is 20.7. The molecular formula is C21H15ClF3NO3. The molecule has 0 saturated carbocycles. The topological polar surface area (TPSA) is 46.6 Å². The van der Waals surface area contributed by atoms with Crippen molar-refractivity contribution in [2.24, 2.45) is 0 Å². The van der Waals surface area contributed by atoms with Gasteiger partial charge in [0.05, 0.1) is 34.5 Å². The molecule has 0 unspecified atom stereocenters. The minimum atomic E-state index is -4.62. The SMILES string of the molecule is COC(=O)C1=C(C)N(c2ccccc2Cl)C(=O)/C1=C\c1ccccc1C(F)(F)F. The summed E-state index contributed by atoms with van der Waals surface area (Å²) in [7, 11) is 1.13. The zero-order valence-corrected chi connectivity index (χ0v) is 16.1. The predicted molar refractivity (Wildman–Crippen MR) is 103 cm³/mol. The molecule has 0 saturated heterocycles. The number of rotatable bonds is 3. The third kappa shape index (κ3) is 3.78. The largest absolute Gasteiger partial charge is 0.465 e. The highest BCUT2D eigenvalue weighted by atomic mass is 35.5. The van der Waals surface area contributed by atoms with Gasteiger partial charge in [0.25, 0.3) is 5.91 Å². The highest BCUT2D eigenvalue weighted by Crippen LogP contribution is 2.40. The maximum absolute atomic E-state index is 13.4. The van der Waals surface area contributed by atoms with E-state index in [-0.39, 0.29) is 27.4 Å². The summed E-state index contributed by atoms with van der Waals surface area (Å²) in [4.78, 5) is 26.7. The molecule has 1 heterocycles. The van der Waals surface area contributed by atoms with Crippen molar-refractivity contribution in [3.05, 3.63) is 81.5 Å². The molecular weight excluding hydrogens is 407 g/mol. The fourth-order valence-electron chi connectivity index (χ4n) is 3.14. The second kappa shape index (κ2) is 7.75. The van der Waals surface area contributed by atoms with Crippen molar-refractivity contribution in [1.82, 2.24) is 0 Å². The van der Waals surface area contributed by atoms with Crippen molar-refractivity contribution in [2.45, 2.75) is 13.1 Å². The first-order valence-corrected chi connectivity index (χ1v) is 8.81. The molecule has 150 valence electrons. The van der Waals surface area contributed by atoms with Crippen LogP contribution >= 0.6 is 11.6 Å². The van der Waals surface area contributed by atoms with E-state index in [0.29, 0.717) is 5.69 Å². The van der Waals surface area contributed by atoms with E-state index >= 15 is 0 Å². The minimum absolute atomic E-state index is 0.116. The van der Waals surface area contributed by atoms with Crippen molar-refractivity contribution >= 4 is 35.2 Å². The summed E-state index contributed by atoms with van der Waals surface area (Å²) in [6, 6.07) is 11.3. The molecule has 0 aromatic heterocycles. The summed E-state index contributed by atoms with van der Waals surface area (Å²) < 4.78 is 44.9. The van der Waals surface area contributed by atoms with E-state index in [1.807, 2.05) is 0 Å². The van der Waals surface area contributed by atoms with Crippen LogP contribution in [0.4, 0.5) is 18.9 Å². The van der Waals surface area contributed by atoms with Gasteiger partial charge in [-0.05, 0) is 36.8 Å². The molecule has 0 fully saturated rings. The van der Waals surface area contributed by atoms with E-state index in [9.17, 15) is 22.8 Å². The minimum Gasteiger partial charge on any atom is -0.465 e. The lowest BCUT2D eigenvalue weighted by Gasteiger charge is -2.19. The number of nitrogens with zero attached hydrogens (tertiary/aromatic N) is 1. The number of allylic oxidation sites excluding steroid dienone is 1. The van der Waals surface area contributed by atoms with Gasteiger partial charge in [-0.2, -0.15) is 13.2 Å². The maximum Gasteiger partial charge on any atom is 0.416 e. The molecule has 0 spiro atoms. The number of halogens is 4. The van der Waals surface area contributed by atoms with E-state index in [1.54, 1.807) is 24.3 Å². The fraction of sp³-hybridized carbons (Fsp3) is 0.143. The number of hydrogen-bond acceptors (Lipinski definition) is 3. The normalized spacial score (nSPS) is 16.0. The molecule has 2 aromatic carbocycles. The van der Waals surface area contributed by atoms with Gasteiger partial charge in [-0.15, -0.1) is 0 Å². The van der Waals surface area contributed by atoms with Gasteiger partial charge in [0.2, 0.25) is 0 Å². The average molecular weight is 422 g/mol. The van der Waals surface area contributed by atoms with Crippen LogP contribution in [0.3, 0.4) is 0 Å². The van der Waals surface area contributed by atoms with E-state index < -0.39 is 23.6 Å². The molecule has 0 radical (unpaired) electrons. The quantitative estimate of drug-likeness (QED) is 0.503. The monoisotopic (exact) mass is 421 g/mol. The van der Waals surface area contributed by atoms with Crippen LogP contribution in [-0.2, 0) is 20.5 Å². The standard InChI is InChI=1S/C21H15ClF3NO3/c1-12-18(20(28)29-2)14(11-13-7-3-4-8-15(13)21(23,24)25)19(27)26(12)17-10-6-5-9-16(17)22/h3-11H,1-2H3/b14-11-. The van der Waals surface area contributed by atoms with E-state index in [4.69, 9.17) is 16.3 Å². The lowest BCUT2D eigenvalue weighted by atomic mass is 10.00. The molecule has 1 amide bonds. The highest BCUT2D eigenvalue weighted by molar-refractivity contribution is 6.35. The Hall–Kier alpha value is -3.06.